The molecule has 1 atom stereocenters. The van der Waals surface area contributed by atoms with Gasteiger partial charge in [-0.25, -0.2) is 26.8 Å². The second-order valence-electron chi connectivity index (χ2n) is 9.37. The first-order valence-electron chi connectivity index (χ1n) is 11.9. The number of hydrogen-bond acceptors (Lipinski definition) is 7. The summed E-state index contributed by atoms with van der Waals surface area (Å²) in [4.78, 5) is 6.77. The first kappa shape index (κ1) is 30.4. The normalized spacial score (nSPS) is 15.9. The van der Waals surface area contributed by atoms with E-state index in [-0.39, 0.29) is 17.4 Å². The SMILES string of the molecule is CS(=O)(=O)c1ncc(C#CC(O)(c2ccccc2N(CC2CC2)S(=O)(=O)c2ccccc2)C(F)(F)C(F)(F)F)cn1. The van der Waals surface area contributed by atoms with Gasteiger partial charge in [0.05, 0.1) is 16.1 Å². The molecule has 4 rings (SSSR count). The van der Waals surface area contributed by atoms with Crippen molar-refractivity contribution in [2.24, 2.45) is 5.92 Å². The van der Waals surface area contributed by atoms with Crippen molar-refractivity contribution in [3.63, 3.8) is 0 Å². The van der Waals surface area contributed by atoms with Crippen LogP contribution in [0.5, 0.6) is 0 Å². The van der Waals surface area contributed by atoms with E-state index >= 15 is 8.78 Å². The minimum atomic E-state index is -6.32. The molecule has 3 aromatic rings. The third-order valence-corrected chi connectivity index (χ3v) is 8.84. The van der Waals surface area contributed by atoms with Crippen LogP contribution in [0.2, 0.25) is 0 Å². The lowest BCUT2D eigenvalue weighted by molar-refractivity contribution is -0.332. The molecule has 1 fully saturated rings. The highest BCUT2D eigenvalue weighted by molar-refractivity contribution is 7.92. The van der Waals surface area contributed by atoms with Crippen molar-refractivity contribution in [3.8, 4) is 11.8 Å². The lowest BCUT2D eigenvalue weighted by Gasteiger charge is -2.36. The maximum atomic E-state index is 15.2. The molecule has 2 aromatic carbocycles. The molecule has 0 bridgehead atoms. The number of hydrogen-bond donors (Lipinski definition) is 1. The number of halogens is 5. The highest BCUT2D eigenvalue weighted by Gasteiger charge is 2.71. The maximum Gasteiger partial charge on any atom is 0.457 e. The van der Waals surface area contributed by atoms with Crippen molar-refractivity contribution in [3.05, 3.63) is 78.1 Å². The molecule has 1 heterocycles. The smallest absolute Gasteiger partial charge is 0.368 e. The van der Waals surface area contributed by atoms with Crippen molar-refractivity contribution in [2.45, 2.75) is 40.6 Å². The van der Waals surface area contributed by atoms with Crippen LogP contribution in [-0.4, -0.2) is 56.8 Å². The van der Waals surface area contributed by atoms with Crippen LogP contribution in [0, 0.1) is 17.8 Å². The average molecular weight is 616 g/mol. The van der Waals surface area contributed by atoms with Gasteiger partial charge in [-0.05, 0) is 37.0 Å². The summed E-state index contributed by atoms with van der Waals surface area (Å²) < 4.78 is 123. The van der Waals surface area contributed by atoms with E-state index < -0.39 is 59.5 Å². The Morgan fingerprint density at radius 2 is 1.49 bits per heavy atom. The molecule has 41 heavy (non-hydrogen) atoms. The number of sulfonamides is 1. The molecule has 1 aliphatic carbocycles. The number of alkyl halides is 5. The Labute approximate surface area is 232 Å². The molecular formula is C26H22F5N3O5S2. The fourth-order valence-electron chi connectivity index (χ4n) is 3.83. The number of sulfone groups is 1. The highest BCUT2D eigenvalue weighted by atomic mass is 32.2. The predicted octanol–water partition coefficient (Wildman–Crippen LogP) is 3.92. The van der Waals surface area contributed by atoms with Gasteiger partial charge >= 0.3 is 12.1 Å². The summed E-state index contributed by atoms with van der Waals surface area (Å²) in [6.07, 6.45) is -2.77. The zero-order valence-electron chi connectivity index (χ0n) is 21.2. The van der Waals surface area contributed by atoms with Gasteiger partial charge in [-0.2, -0.15) is 22.0 Å². The Hall–Kier alpha value is -3.61. The second-order valence-corrected chi connectivity index (χ2v) is 13.1. The van der Waals surface area contributed by atoms with E-state index in [2.05, 4.69) is 9.97 Å². The standard InChI is InChI=1S/C26H22F5N3O5S2/c1-40(36,37)23-32-15-19(16-33-23)13-14-24(35,25(27,28)26(29,30)31)21-9-5-6-10-22(21)34(17-18-11-12-18)41(38,39)20-7-3-2-4-8-20/h2-10,15-16,18,35H,11-12,17H2,1H3. The van der Waals surface area contributed by atoms with Crippen LogP contribution < -0.4 is 4.31 Å². The molecule has 0 radical (unpaired) electrons. The van der Waals surface area contributed by atoms with Gasteiger partial charge in [0.2, 0.25) is 20.6 Å². The van der Waals surface area contributed by atoms with Gasteiger partial charge in [-0.1, -0.05) is 48.2 Å². The number of anilines is 1. The second kappa shape index (κ2) is 10.7. The topological polar surface area (TPSA) is 118 Å². The molecule has 15 heteroatoms. The summed E-state index contributed by atoms with van der Waals surface area (Å²) in [5, 5.41) is 10.6. The lowest BCUT2D eigenvalue weighted by Crippen LogP contribution is -2.55. The van der Waals surface area contributed by atoms with Crippen LogP contribution in [-0.2, 0) is 25.5 Å². The fourth-order valence-corrected chi connectivity index (χ4v) is 5.90. The third kappa shape index (κ3) is 6.04. The number of rotatable bonds is 8. The number of benzene rings is 2. The quantitative estimate of drug-likeness (QED) is 0.232. The Balaban J connectivity index is 1.93. The number of nitrogens with zero attached hydrogens (tertiary/aromatic N) is 3. The molecule has 1 saturated carbocycles. The van der Waals surface area contributed by atoms with E-state index in [0.29, 0.717) is 17.1 Å². The molecule has 0 amide bonds. The van der Waals surface area contributed by atoms with E-state index in [0.717, 1.165) is 36.8 Å². The van der Waals surface area contributed by atoms with Gasteiger partial charge in [0.25, 0.3) is 10.0 Å². The summed E-state index contributed by atoms with van der Waals surface area (Å²) in [7, 11) is -8.34. The Bertz CT molecular complexity index is 1700. The molecule has 0 saturated heterocycles. The fraction of sp³-hybridized carbons (Fsp3) is 0.308. The number of aliphatic hydroxyl groups is 1. The molecule has 0 spiro atoms. The van der Waals surface area contributed by atoms with Crippen molar-refractivity contribution >= 4 is 25.5 Å². The summed E-state index contributed by atoms with van der Waals surface area (Å²) in [5.41, 5.74) is -6.42. The van der Waals surface area contributed by atoms with Gasteiger partial charge in [0, 0.05) is 30.8 Å². The van der Waals surface area contributed by atoms with Crippen molar-refractivity contribution in [1.29, 1.82) is 0 Å². The van der Waals surface area contributed by atoms with Gasteiger partial charge in [0.15, 0.2) is 0 Å². The van der Waals surface area contributed by atoms with Crippen LogP contribution in [0.25, 0.3) is 0 Å². The zero-order valence-corrected chi connectivity index (χ0v) is 22.8. The van der Waals surface area contributed by atoms with Crippen LogP contribution in [0.15, 0.2) is 77.0 Å². The van der Waals surface area contributed by atoms with E-state index in [1.165, 1.54) is 30.3 Å². The Morgan fingerprint density at radius 3 is 2.02 bits per heavy atom. The molecular weight excluding hydrogens is 593 g/mol. The largest absolute Gasteiger partial charge is 0.457 e. The van der Waals surface area contributed by atoms with Crippen molar-refractivity contribution < 1.29 is 43.9 Å². The van der Waals surface area contributed by atoms with Gasteiger partial charge in [-0.3, -0.25) is 4.31 Å². The average Bonchev–Trinajstić information content (AvgIpc) is 3.74. The summed E-state index contributed by atoms with van der Waals surface area (Å²) in [6.45, 7) is -0.240. The number of aromatic nitrogens is 2. The molecule has 8 nitrogen and oxygen atoms in total. The predicted molar refractivity (Wildman–Crippen MR) is 137 cm³/mol. The Morgan fingerprint density at radius 1 is 0.927 bits per heavy atom. The monoisotopic (exact) mass is 615 g/mol. The molecule has 1 unspecified atom stereocenters. The highest BCUT2D eigenvalue weighted by Crippen LogP contribution is 2.51. The van der Waals surface area contributed by atoms with Gasteiger partial charge in [0.1, 0.15) is 0 Å². The van der Waals surface area contributed by atoms with Gasteiger partial charge < -0.3 is 5.11 Å². The molecule has 1 aliphatic rings. The first-order valence-corrected chi connectivity index (χ1v) is 15.2. The molecule has 1 N–H and O–H groups in total. The van der Waals surface area contributed by atoms with E-state index in [1.54, 1.807) is 12.0 Å². The molecule has 218 valence electrons. The summed E-state index contributed by atoms with van der Waals surface area (Å²) in [6, 6.07) is 10.9. The van der Waals surface area contributed by atoms with Crippen molar-refractivity contribution in [1.82, 2.24) is 9.97 Å². The van der Waals surface area contributed by atoms with Crippen LogP contribution in [0.3, 0.4) is 0 Å². The van der Waals surface area contributed by atoms with E-state index in [4.69, 9.17) is 0 Å². The van der Waals surface area contributed by atoms with Crippen LogP contribution >= 0.6 is 0 Å². The van der Waals surface area contributed by atoms with Gasteiger partial charge in [-0.15, -0.1) is 0 Å². The Kier molecular flexibility index (Phi) is 7.89. The van der Waals surface area contributed by atoms with E-state index in [1.807, 2.05) is 5.92 Å². The third-order valence-electron chi connectivity index (χ3n) is 6.17. The minimum absolute atomic E-state index is 0.186. The molecule has 1 aromatic heterocycles. The minimum Gasteiger partial charge on any atom is -0.368 e. The lowest BCUT2D eigenvalue weighted by atomic mass is 9.85. The molecule has 0 aliphatic heterocycles. The first-order chi connectivity index (χ1) is 19.0. The summed E-state index contributed by atoms with van der Waals surface area (Å²) in [5.74, 6) is -2.55. The summed E-state index contributed by atoms with van der Waals surface area (Å²) >= 11 is 0. The van der Waals surface area contributed by atoms with E-state index in [9.17, 15) is 35.1 Å². The van der Waals surface area contributed by atoms with Crippen LogP contribution in [0.1, 0.15) is 24.0 Å². The zero-order chi connectivity index (χ0) is 30.3. The van der Waals surface area contributed by atoms with Crippen LogP contribution in [0.4, 0.5) is 27.6 Å². The van der Waals surface area contributed by atoms with Crippen molar-refractivity contribution in [2.75, 3.05) is 17.1 Å². The maximum absolute atomic E-state index is 15.2. The number of para-hydroxylation sites is 1.